The van der Waals surface area contributed by atoms with Crippen LogP contribution < -0.4 is 0 Å². The molecule has 5 heteroatoms. The Balaban J connectivity index is 1.83. The van der Waals surface area contributed by atoms with Gasteiger partial charge in [0, 0.05) is 25.6 Å². The highest BCUT2D eigenvalue weighted by Gasteiger charge is 2.22. The number of aromatic nitrogens is 1. The van der Waals surface area contributed by atoms with Gasteiger partial charge in [-0.25, -0.2) is 4.98 Å². The first kappa shape index (κ1) is 14.3. The summed E-state index contributed by atoms with van der Waals surface area (Å²) in [4.78, 5) is 18.4. The second kappa shape index (κ2) is 6.00. The maximum Gasteiger partial charge on any atom is 0.272 e. The van der Waals surface area contributed by atoms with Crippen molar-refractivity contribution in [3.05, 3.63) is 41.2 Å². The molecule has 1 fully saturated rings. The molecule has 21 heavy (non-hydrogen) atoms. The second-order valence-corrected chi connectivity index (χ2v) is 5.70. The molecule has 0 bridgehead atoms. The van der Waals surface area contributed by atoms with Crippen molar-refractivity contribution >= 4 is 28.3 Å². The number of nitrogens with zero attached hydrogens (tertiary/aromatic N) is 2. The number of hydrogen-bond donors (Lipinski definition) is 0. The number of ether oxygens (including phenoxy) is 1. The van der Waals surface area contributed by atoms with E-state index in [0.29, 0.717) is 17.4 Å². The average molecular weight is 305 g/mol. The third-order valence-electron chi connectivity index (χ3n) is 3.76. The smallest absolute Gasteiger partial charge is 0.272 e. The maximum atomic E-state index is 12.5. The highest BCUT2D eigenvalue weighted by Crippen LogP contribution is 2.23. The lowest BCUT2D eigenvalue weighted by Gasteiger charge is -2.20. The van der Waals surface area contributed by atoms with Crippen molar-refractivity contribution in [1.82, 2.24) is 9.88 Å². The molecule has 0 saturated carbocycles. The van der Waals surface area contributed by atoms with Crippen LogP contribution in [0.3, 0.4) is 0 Å². The van der Waals surface area contributed by atoms with Gasteiger partial charge in [0.25, 0.3) is 5.91 Å². The first-order valence-corrected chi connectivity index (χ1v) is 7.45. The molecule has 4 nitrogen and oxygen atoms in total. The van der Waals surface area contributed by atoms with Crippen LogP contribution in [0, 0.1) is 0 Å². The predicted molar refractivity (Wildman–Crippen MR) is 82.7 cm³/mol. The maximum absolute atomic E-state index is 12.5. The molecule has 2 heterocycles. The molecule has 1 amide bonds. The largest absolute Gasteiger partial charge is 0.376 e. The third kappa shape index (κ3) is 3.01. The van der Waals surface area contributed by atoms with E-state index >= 15 is 0 Å². The van der Waals surface area contributed by atoms with Crippen LogP contribution in [0.2, 0.25) is 5.15 Å². The average Bonchev–Trinajstić information content (AvgIpc) is 2.99. The minimum Gasteiger partial charge on any atom is -0.376 e. The first-order chi connectivity index (χ1) is 10.1. The normalized spacial score (nSPS) is 18.1. The summed E-state index contributed by atoms with van der Waals surface area (Å²) in [7, 11) is 1.77. The molecule has 0 radical (unpaired) electrons. The Morgan fingerprint density at radius 1 is 1.48 bits per heavy atom. The van der Waals surface area contributed by atoms with E-state index < -0.39 is 0 Å². The zero-order chi connectivity index (χ0) is 14.8. The Morgan fingerprint density at radius 2 is 2.29 bits per heavy atom. The fourth-order valence-corrected chi connectivity index (χ4v) is 2.90. The number of fused-ring (bicyclic) bond motifs is 1. The monoisotopic (exact) mass is 304 g/mol. The van der Waals surface area contributed by atoms with Crippen LogP contribution in [0.1, 0.15) is 23.3 Å². The Labute approximate surface area is 128 Å². The Bertz CT molecular complexity index is 668. The van der Waals surface area contributed by atoms with Gasteiger partial charge in [0.2, 0.25) is 0 Å². The molecule has 3 rings (SSSR count). The molecule has 0 aliphatic carbocycles. The van der Waals surface area contributed by atoms with E-state index in [1.807, 2.05) is 24.3 Å². The summed E-state index contributed by atoms with van der Waals surface area (Å²) in [5, 5.41) is 2.14. The molecular formula is C16H17ClN2O2. The highest BCUT2D eigenvalue weighted by atomic mass is 35.5. The van der Waals surface area contributed by atoms with Gasteiger partial charge in [0.15, 0.2) is 0 Å². The second-order valence-electron chi connectivity index (χ2n) is 5.34. The van der Waals surface area contributed by atoms with E-state index in [4.69, 9.17) is 16.3 Å². The van der Waals surface area contributed by atoms with Crippen molar-refractivity contribution < 1.29 is 9.53 Å². The summed E-state index contributed by atoms with van der Waals surface area (Å²) < 4.78 is 5.56. The van der Waals surface area contributed by atoms with Crippen molar-refractivity contribution in [2.24, 2.45) is 0 Å². The fraction of sp³-hybridized carbons (Fsp3) is 0.375. The number of carbonyl (C=O) groups excluding carboxylic acids is 1. The lowest BCUT2D eigenvalue weighted by atomic mass is 10.1. The van der Waals surface area contributed by atoms with Crippen LogP contribution in [-0.4, -0.2) is 42.1 Å². The zero-order valence-electron chi connectivity index (χ0n) is 11.9. The van der Waals surface area contributed by atoms with Crippen molar-refractivity contribution in [1.29, 1.82) is 0 Å². The van der Waals surface area contributed by atoms with Crippen molar-refractivity contribution in [2.45, 2.75) is 18.9 Å². The highest BCUT2D eigenvalue weighted by molar-refractivity contribution is 6.34. The van der Waals surface area contributed by atoms with E-state index in [1.54, 1.807) is 18.0 Å². The van der Waals surface area contributed by atoms with Gasteiger partial charge >= 0.3 is 0 Å². The van der Waals surface area contributed by atoms with Gasteiger partial charge in [-0.2, -0.15) is 0 Å². The minimum absolute atomic E-state index is 0.127. The molecule has 0 N–H and O–H groups in total. The van der Waals surface area contributed by atoms with Gasteiger partial charge in [-0.3, -0.25) is 4.79 Å². The SMILES string of the molecule is CN(CC1CCCO1)C(=O)c1cc2ccccc2c(Cl)n1. The molecule has 1 atom stereocenters. The van der Waals surface area contributed by atoms with Crippen LogP contribution >= 0.6 is 11.6 Å². The summed E-state index contributed by atoms with van der Waals surface area (Å²) in [6, 6.07) is 9.44. The van der Waals surface area contributed by atoms with Gasteiger partial charge in [-0.05, 0) is 24.3 Å². The fourth-order valence-electron chi connectivity index (χ4n) is 2.64. The van der Waals surface area contributed by atoms with E-state index in [-0.39, 0.29) is 12.0 Å². The Morgan fingerprint density at radius 3 is 3.05 bits per heavy atom. The van der Waals surface area contributed by atoms with Crippen LogP contribution in [0.15, 0.2) is 30.3 Å². The molecular weight excluding hydrogens is 288 g/mol. The molecule has 1 saturated heterocycles. The standard InChI is InChI=1S/C16H17ClN2O2/c1-19(10-12-6-4-8-21-12)16(20)14-9-11-5-2-3-7-13(11)15(17)18-14/h2-3,5,7,9,12H,4,6,8,10H2,1H3. The van der Waals surface area contributed by atoms with Crippen LogP contribution in [0.25, 0.3) is 10.8 Å². The van der Waals surface area contributed by atoms with Crippen molar-refractivity contribution in [3.8, 4) is 0 Å². The number of halogens is 1. The lowest BCUT2D eigenvalue weighted by Crippen LogP contribution is -2.34. The number of carbonyl (C=O) groups is 1. The summed E-state index contributed by atoms with van der Waals surface area (Å²) in [6.45, 7) is 1.37. The third-order valence-corrected chi connectivity index (χ3v) is 4.05. The van der Waals surface area contributed by atoms with E-state index in [9.17, 15) is 4.79 Å². The van der Waals surface area contributed by atoms with E-state index in [1.165, 1.54) is 0 Å². The van der Waals surface area contributed by atoms with Crippen molar-refractivity contribution in [2.75, 3.05) is 20.2 Å². The van der Waals surface area contributed by atoms with Crippen LogP contribution in [0.4, 0.5) is 0 Å². The number of rotatable bonds is 3. The van der Waals surface area contributed by atoms with E-state index in [2.05, 4.69) is 4.98 Å². The van der Waals surface area contributed by atoms with Gasteiger partial charge < -0.3 is 9.64 Å². The summed E-state index contributed by atoms with van der Waals surface area (Å²) in [5.41, 5.74) is 0.374. The van der Waals surface area contributed by atoms with Crippen molar-refractivity contribution in [3.63, 3.8) is 0 Å². The molecule has 2 aromatic rings. The Hall–Kier alpha value is -1.65. The van der Waals surface area contributed by atoms with Crippen LogP contribution in [-0.2, 0) is 4.74 Å². The van der Waals surface area contributed by atoms with Crippen LogP contribution in [0.5, 0.6) is 0 Å². The van der Waals surface area contributed by atoms with Gasteiger partial charge in [-0.1, -0.05) is 35.9 Å². The summed E-state index contributed by atoms with van der Waals surface area (Å²) in [6.07, 6.45) is 2.20. The quantitative estimate of drug-likeness (QED) is 0.818. The molecule has 1 aliphatic heterocycles. The molecule has 1 aromatic heterocycles. The lowest BCUT2D eigenvalue weighted by molar-refractivity contribution is 0.0583. The molecule has 0 spiro atoms. The molecule has 110 valence electrons. The molecule has 1 aliphatic rings. The van der Waals surface area contributed by atoms with Gasteiger partial charge in [0.05, 0.1) is 6.10 Å². The number of hydrogen-bond acceptors (Lipinski definition) is 3. The molecule has 1 unspecified atom stereocenters. The van der Waals surface area contributed by atoms with E-state index in [0.717, 1.165) is 30.2 Å². The summed E-state index contributed by atoms with van der Waals surface area (Å²) >= 11 is 6.17. The number of likely N-dealkylation sites (N-methyl/N-ethyl adjacent to an activating group) is 1. The zero-order valence-corrected chi connectivity index (χ0v) is 12.6. The number of benzene rings is 1. The topological polar surface area (TPSA) is 42.4 Å². The first-order valence-electron chi connectivity index (χ1n) is 7.07. The summed E-state index contributed by atoms with van der Waals surface area (Å²) in [5.74, 6) is -0.127. The number of amides is 1. The van der Waals surface area contributed by atoms with Gasteiger partial charge in [-0.15, -0.1) is 0 Å². The Kier molecular flexibility index (Phi) is 4.08. The predicted octanol–water partition coefficient (Wildman–Crippen LogP) is 3.14. The molecule has 1 aromatic carbocycles. The number of pyridine rings is 1. The minimum atomic E-state index is -0.127. The van der Waals surface area contributed by atoms with Gasteiger partial charge in [0.1, 0.15) is 10.8 Å².